The second-order valence-corrected chi connectivity index (χ2v) is 4.72. The van der Waals surface area contributed by atoms with E-state index in [1.807, 2.05) is 0 Å². The maximum absolute atomic E-state index is 3.43. The minimum absolute atomic E-state index is 0. The topological polar surface area (TPSA) is 12.0 Å². The molecular weight excluding hydrogens is 190 g/mol. The molecule has 0 amide bonds. The van der Waals surface area contributed by atoms with Gasteiger partial charge in [-0.2, -0.15) is 0 Å². The summed E-state index contributed by atoms with van der Waals surface area (Å²) in [6.07, 6.45) is 0. The first-order chi connectivity index (χ1) is 5.08. The highest BCUT2D eigenvalue weighted by Gasteiger charge is 2.07. The zero-order chi connectivity index (χ0) is 8.32. The van der Waals surface area contributed by atoms with Crippen molar-refractivity contribution in [3.05, 3.63) is 22.4 Å². The van der Waals surface area contributed by atoms with Crippen molar-refractivity contribution in [2.45, 2.75) is 32.9 Å². The molecule has 1 heterocycles. The van der Waals surface area contributed by atoms with E-state index in [-0.39, 0.29) is 17.9 Å². The average molecular weight is 206 g/mol. The van der Waals surface area contributed by atoms with Gasteiger partial charge in [-0.05, 0) is 32.2 Å². The van der Waals surface area contributed by atoms with Crippen molar-refractivity contribution in [1.82, 2.24) is 5.32 Å². The van der Waals surface area contributed by atoms with E-state index in [9.17, 15) is 0 Å². The molecule has 1 aromatic heterocycles. The maximum Gasteiger partial charge on any atom is 0.0304 e. The van der Waals surface area contributed by atoms with Crippen LogP contribution in [0.3, 0.4) is 0 Å². The first kappa shape index (κ1) is 11.9. The molecular formula is C9H16ClNS. The molecule has 12 heavy (non-hydrogen) atoms. The predicted octanol–water partition coefficient (Wildman–Crippen LogP) is 3.06. The van der Waals surface area contributed by atoms with Crippen LogP contribution >= 0.6 is 23.7 Å². The lowest BCUT2D eigenvalue weighted by molar-refractivity contribution is 0.426. The molecule has 0 radical (unpaired) electrons. The summed E-state index contributed by atoms with van der Waals surface area (Å²) < 4.78 is 0. The standard InChI is InChI=1S/C9H15NS.ClH/c1-9(2,3)10-7-8-5-4-6-11-8;/h4-6,10H,7H2,1-3H3;1H. The van der Waals surface area contributed by atoms with E-state index >= 15 is 0 Å². The van der Waals surface area contributed by atoms with Crippen molar-refractivity contribution in [3.8, 4) is 0 Å². The van der Waals surface area contributed by atoms with Crippen LogP contribution in [0.25, 0.3) is 0 Å². The van der Waals surface area contributed by atoms with Gasteiger partial charge in [0, 0.05) is 17.0 Å². The molecule has 0 fully saturated rings. The molecule has 1 rings (SSSR count). The molecule has 1 nitrogen and oxygen atoms in total. The molecule has 1 aromatic rings. The SMILES string of the molecule is CC(C)(C)NCc1cccs1.Cl. The minimum atomic E-state index is 0. The fourth-order valence-corrected chi connectivity index (χ4v) is 1.41. The Labute approximate surface area is 84.6 Å². The van der Waals surface area contributed by atoms with E-state index in [4.69, 9.17) is 0 Å². The fraction of sp³-hybridized carbons (Fsp3) is 0.556. The van der Waals surface area contributed by atoms with Crippen molar-refractivity contribution < 1.29 is 0 Å². The molecule has 0 aliphatic heterocycles. The zero-order valence-corrected chi connectivity index (χ0v) is 9.39. The largest absolute Gasteiger partial charge is 0.307 e. The third-order valence-electron chi connectivity index (χ3n) is 1.37. The molecule has 1 N–H and O–H groups in total. The predicted molar refractivity (Wildman–Crippen MR) is 58.2 cm³/mol. The highest BCUT2D eigenvalue weighted by molar-refractivity contribution is 7.09. The summed E-state index contributed by atoms with van der Waals surface area (Å²) in [7, 11) is 0. The van der Waals surface area contributed by atoms with Gasteiger partial charge in [-0.3, -0.25) is 0 Å². The van der Waals surface area contributed by atoms with Gasteiger partial charge in [0.1, 0.15) is 0 Å². The fourth-order valence-electron chi connectivity index (χ4n) is 0.765. The lowest BCUT2D eigenvalue weighted by Crippen LogP contribution is -2.34. The van der Waals surface area contributed by atoms with Gasteiger partial charge in [-0.1, -0.05) is 6.07 Å². The normalized spacial score (nSPS) is 10.9. The van der Waals surface area contributed by atoms with Gasteiger partial charge in [-0.25, -0.2) is 0 Å². The van der Waals surface area contributed by atoms with Crippen molar-refractivity contribution in [2.75, 3.05) is 0 Å². The summed E-state index contributed by atoms with van der Waals surface area (Å²) in [5.41, 5.74) is 0.226. The molecule has 0 aliphatic carbocycles. The smallest absolute Gasteiger partial charge is 0.0304 e. The Hall–Kier alpha value is -0.0500. The lowest BCUT2D eigenvalue weighted by Gasteiger charge is -2.19. The summed E-state index contributed by atoms with van der Waals surface area (Å²) in [5.74, 6) is 0. The highest BCUT2D eigenvalue weighted by atomic mass is 35.5. The van der Waals surface area contributed by atoms with Gasteiger partial charge in [0.25, 0.3) is 0 Å². The van der Waals surface area contributed by atoms with Gasteiger partial charge in [-0.15, -0.1) is 23.7 Å². The molecule has 70 valence electrons. The van der Waals surface area contributed by atoms with Gasteiger partial charge in [0.15, 0.2) is 0 Å². The first-order valence-electron chi connectivity index (χ1n) is 3.85. The summed E-state index contributed by atoms with van der Waals surface area (Å²) in [6, 6.07) is 4.24. The number of rotatable bonds is 2. The number of halogens is 1. The van der Waals surface area contributed by atoms with Gasteiger partial charge in [0.05, 0.1) is 0 Å². The number of hydrogen-bond acceptors (Lipinski definition) is 2. The second-order valence-electron chi connectivity index (χ2n) is 3.68. The van der Waals surface area contributed by atoms with E-state index in [0.29, 0.717) is 0 Å². The first-order valence-corrected chi connectivity index (χ1v) is 4.73. The highest BCUT2D eigenvalue weighted by Crippen LogP contribution is 2.09. The summed E-state index contributed by atoms with van der Waals surface area (Å²) >= 11 is 1.80. The number of nitrogens with one attached hydrogen (secondary N) is 1. The Kier molecular flexibility index (Phi) is 4.83. The van der Waals surface area contributed by atoms with Crippen LogP contribution in [0.5, 0.6) is 0 Å². The molecule has 0 aromatic carbocycles. The van der Waals surface area contributed by atoms with Crippen LogP contribution in [0.2, 0.25) is 0 Å². The third kappa shape index (κ3) is 4.75. The van der Waals surface area contributed by atoms with Crippen LogP contribution in [0.1, 0.15) is 25.6 Å². The molecule has 0 saturated carbocycles. The summed E-state index contributed by atoms with van der Waals surface area (Å²) in [6.45, 7) is 7.53. The van der Waals surface area contributed by atoms with Crippen molar-refractivity contribution in [3.63, 3.8) is 0 Å². The molecule has 0 aliphatic rings. The van der Waals surface area contributed by atoms with E-state index in [1.165, 1.54) is 4.88 Å². The summed E-state index contributed by atoms with van der Waals surface area (Å²) in [5, 5.41) is 5.55. The molecule has 3 heteroatoms. The van der Waals surface area contributed by atoms with Crippen LogP contribution in [-0.4, -0.2) is 5.54 Å². The maximum atomic E-state index is 3.43. The van der Waals surface area contributed by atoms with Gasteiger partial charge in [0.2, 0.25) is 0 Å². The quantitative estimate of drug-likeness (QED) is 0.783. The monoisotopic (exact) mass is 205 g/mol. The van der Waals surface area contributed by atoms with Crippen molar-refractivity contribution in [1.29, 1.82) is 0 Å². The van der Waals surface area contributed by atoms with Gasteiger partial charge < -0.3 is 5.32 Å². The van der Waals surface area contributed by atoms with E-state index in [0.717, 1.165) is 6.54 Å². The second kappa shape index (κ2) is 4.85. The third-order valence-corrected chi connectivity index (χ3v) is 2.25. The van der Waals surface area contributed by atoms with Crippen molar-refractivity contribution in [2.24, 2.45) is 0 Å². The van der Waals surface area contributed by atoms with Crippen LogP contribution in [0.4, 0.5) is 0 Å². The van der Waals surface area contributed by atoms with E-state index in [2.05, 4.69) is 43.6 Å². The molecule has 0 unspecified atom stereocenters. The molecule has 0 bridgehead atoms. The van der Waals surface area contributed by atoms with Crippen LogP contribution in [0, 0.1) is 0 Å². The number of thiophene rings is 1. The average Bonchev–Trinajstić information content (AvgIpc) is 2.32. The Morgan fingerprint density at radius 2 is 2.08 bits per heavy atom. The molecule has 0 spiro atoms. The van der Waals surface area contributed by atoms with E-state index < -0.39 is 0 Å². The van der Waals surface area contributed by atoms with Crippen LogP contribution in [0.15, 0.2) is 17.5 Å². The van der Waals surface area contributed by atoms with Crippen molar-refractivity contribution >= 4 is 23.7 Å². The number of hydrogen-bond donors (Lipinski definition) is 1. The minimum Gasteiger partial charge on any atom is -0.307 e. The Balaban J connectivity index is 0.00000121. The summed E-state index contributed by atoms with van der Waals surface area (Å²) in [4.78, 5) is 1.40. The molecule has 0 atom stereocenters. The lowest BCUT2D eigenvalue weighted by atomic mass is 10.1. The van der Waals surface area contributed by atoms with E-state index in [1.54, 1.807) is 11.3 Å². The Morgan fingerprint density at radius 1 is 1.42 bits per heavy atom. The molecule has 0 saturated heterocycles. The Morgan fingerprint density at radius 3 is 2.50 bits per heavy atom. The van der Waals surface area contributed by atoms with Gasteiger partial charge >= 0.3 is 0 Å². The van der Waals surface area contributed by atoms with Crippen LogP contribution in [-0.2, 0) is 6.54 Å². The van der Waals surface area contributed by atoms with Crippen LogP contribution < -0.4 is 5.32 Å². The zero-order valence-electron chi connectivity index (χ0n) is 7.76. The Bertz CT molecular complexity index is 201.